The molecule has 22 heavy (non-hydrogen) atoms. The van der Waals surface area contributed by atoms with Crippen molar-refractivity contribution in [3.63, 3.8) is 0 Å². The molecule has 0 radical (unpaired) electrons. The Labute approximate surface area is 128 Å². The summed E-state index contributed by atoms with van der Waals surface area (Å²) in [5.74, 6) is 0. The van der Waals surface area contributed by atoms with Crippen molar-refractivity contribution in [1.82, 2.24) is 14.5 Å². The lowest BCUT2D eigenvalue weighted by Gasteiger charge is -2.34. The number of benzene rings is 1. The van der Waals surface area contributed by atoms with Crippen LogP contribution in [0.1, 0.15) is 25.0 Å². The second kappa shape index (κ2) is 3.74. The van der Waals surface area contributed by atoms with E-state index in [-0.39, 0.29) is 5.41 Å². The van der Waals surface area contributed by atoms with Crippen molar-refractivity contribution in [2.45, 2.75) is 19.3 Å². The van der Waals surface area contributed by atoms with E-state index in [4.69, 9.17) is 0 Å². The topological polar surface area (TPSA) is 30.7 Å². The van der Waals surface area contributed by atoms with Gasteiger partial charge in [0.2, 0.25) is 0 Å². The van der Waals surface area contributed by atoms with Gasteiger partial charge in [-0.3, -0.25) is 9.97 Å². The lowest BCUT2D eigenvalue weighted by atomic mass is 9.75. The predicted molar refractivity (Wildman–Crippen MR) is 88.5 cm³/mol. The highest BCUT2D eigenvalue weighted by Crippen LogP contribution is 2.46. The molecule has 5 rings (SSSR count). The molecule has 0 amide bonds. The van der Waals surface area contributed by atoms with Crippen molar-refractivity contribution in [2.24, 2.45) is 0 Å². The molecule has 1 aliphatic heterocycles. The van der Waals surface area contributed by atoms with E-state index in [0.29, 0.717) is 0 Å². The lowest BCUT2D eigenvalue weighted by molar-refractivity contribution is 0.626. The normalized spacial score (nSPS) is 15.2. The van der Waals surface area contributed by atoms with Gasteiger partial charge in [-0.25, -0.2) is 0 Å². The quantitative estimate of drug-likeness (QED) is 0.484. The van der Waals surface area contributed by atoms with Gasteiger partial charge in [-0.05, 0) is 23.8 Å². The number of nitrogens with zero attached hydrogens (tertiary/aromatic N) is 3. The van der Waals surface area contributed by atoms with Gasteiger partial charge in [0.05, 0.1) is 22.2 Å². The lowest BCUT2D eigenvalue weighted by Crippen LogP contribution is -2.26. The fourth-order valence-corrected chi connectivity index (χ4v) is 3.84. The van der Waals surface area contributed by atoms with Crippen LogP contribution in [0.3, 0.4) is 0 Å². The first-order chi connectivity index (χ1) is 10.7. The first-order valence-corrected chi connectivity index (χ1v) is 7.53. The Morgan fingerprint density at radius 1 is 0.955 bits per heavy atom. The van der Waals surface area contributed by atoms with Crippen LogP contribution in [-0.4, -0.2) is 14.5 Å². The van der Waals surface area contributed by atoms with Gasteiger partial charge in [0.25, 0.3) is 0 Å². The fourth-order valence-electron chi connectivity index (χ4n) is 3.84. The van der Waals surface area contributed by atoms with Crippen LogP contribution in [0, 0.1) is 0 Å². The molecule has 4 heterocycles. The zero-order valence-corrected chi connectivity index (χ0v) is 12.5. The summed E-state index contributed by atoms with van der Waals surface area (Å²) in [5.41, 5.74) is 7.26. The molecule has 0 spiro atoms. The average Bonchev–Trinajstić information content (AvgIpc) is 2.88. The van der Waals surface area contributed by atoms with E-state index >= 15 is 0 Å². The average molecular weight is 285 g/mol. The van der Waals surface area contributed by atoms with Gasteiger partial charge in [-0.2, -0.15) is 0 Å². The Hall–Kier alpha value is -2.68. The van der Waals surface area contributed by atoms with Gasteiger partial charge in [0.15, 0.2) is 0 Å². The maximum atomic E-state index is 4.63. The van der Waals surface area contributed by atoms with Crippen LogP contribution in [0.4, 0.5) is 0 Å². The highest BCUT2D eigenvalue weighted by atomic mass is 15.0. The van der Waals surface area contributed by atoms with Crippen LogP contribution < -0.4 is 0 Å². The maximum absolute atomic E-state index is 4.63. The summed E-state index contributed by atoms with van der Waals surface area (Å²) in [6.45, 7) is 4.55. The molecule has 3 nitrogen and oxygen atoms in total. The summed E-state index contributed by atoms with van der Waals surface area (Å²) < 4.78 is 2.34. The van der Waals surface area contributed by atoms with Gasteiger partial charge in [0, 0.05) is 35.0 Å². The Bertz CT molecular complexity index is 1060. The third kappa shape index (κ3) is 1.23. The predicted octanol–water partition coefficient (Wildman–Crippen LogP) is 4.21. The van der Waals surface area contributed by atoms with E-state index in [2.05, 4.69) is 58.7 Å². The number of rotatable bonds is 0. The monoisotopic (exact) mass is 285 g/mol. The van der Waals surface area contributed by atoms with Gasteiger partial charge in [0.1, 0.15) is 0 Å². The molecule has 1 aromatic carbocycles. The summed E-state index contributed by atoms with van der Waals surface area (Å²) in [4.78, 5) is 9.00. The van der Waals surface area contributed by atoms with Crippen molar-refractivity contribution >= 4 is 21.9 Å². The number of fused-ring (bicyclic) bond motifs is 5. The minimum absolute atomic E-state index is 0.0620. The highest BCUT2D eigenvalue weighted by Gasteiger charge is 2.35. The number of pyridine rings is 2. The van der Waals surface area contributed by atoms with Gasteiger partial charge < -0.3 is 4.57 Å². The second-order valence-electron chi connectivity index (χ2n) is 6.43. The Morgan fingerprint density at radius 3 is 2.77 bits per heavy atom. The smallest absolute Gasteiger partial charge is 0.0963 e. The zero-order valence-electron chi connectivity index (χ0n) is 12.5. The van der Waals surface area contributed by atoms with Crippen LogP contribution in [0.5, 0.6) is 0 Å². The molecular weight excluding hydrogens is 270 g/mol. The molecule has 0 bridgehead atoms. The maximum Gasteiger partial charge on any atom is 0.0963 e. The number of para-hydroxylation sites is 1. The van der Waals surface area contributed by atoms with E-state index < -0.39 is 0 Å². The highest BCUT2D eigenvalue weighted by molar-refractivity contribution is 6.09. The zero-order chi connectivity index (χ0) is 14.9. The van der Waals surface area contributed by atoms with E-state index in [9.17, 15) is 0 Å². The minimum Gasteiger partial charge on any atom is -0.307 e. The molecule has 3 heteroatoms. The molecule has 1 aliphatic rings. The molecule has 0 saturated carbocycles. The molecule has 0 aliphatic carbocycles. The molecule has 0 saturated heterocycles. The summed E-state index contributed by atoms with van der Waals surface area (Å²) in [6, 6.07) is 12.8. The van der Waals surface area contributed by atoms with Crippen LogP contribution in [0.25, 0.3) is 27.6 Å². The SMILES string of the molecule is CC1(C)c2cnccc2-n2c3cccnc3c3cccc1c32. The van der Waals surface area contributed by atoms with E-state index in [1.54, 1.807) is 0 Å². The molecule has 0 unspecified atom stereocenters. The second-order valence-corrected chi connectivity index (χ2v) is 6.43. The fraction of sp³-hybridized carbons (Fsp3) is 0.158. The van der Waals surface area contributed by atoms with Crippen molar-refractivity contribution < 1.29 is 0 Å². The largest absolute Gasteiger partial charge is 0.307 e. The third-order valence-corrected chi connectivity index (χ3v) is 4.93. The summed E-state index contributed by atoms with van der Waals surface area (Å²) in [6.07, 6.45) is 5.74. The van der Waals surface area contributed by atoms with Crippen molar-refractivity contribution in [2.75, 3.05) is 0 Å². The van der Waals surface area contributed by atoms with Crippen LogP contribution in [-0.2, 0) is 5.41 Å². The standard InChI is InChI=1S/C19H15N3/c1-19(2)13-6-3-5-12-17-16(7-4-9-21-17)22(18(12)13)15-8-10-20-11-14(15)19/h3-11H,1-2H3. The number of aromatic nitrogens is 3. The van der Waals surface area contributed by atoms with Gasteiger partial charge in [-0.15, -0.1) is 0 Å². The molecule has 0 fully saturated rings. The Balaban J connectivity index is 2.15. The van der Waals surface area contributed by atoms with Crippen LogP contribution in [0.15, 0.2) is 55.0 Å². The van der Waals surface area contributed by atoms with Crippen LogP contribution >= 0.6 is 0 Å². The molecular formula is C19H15N3. The van der Waals surface area contributed by atoms with Crippen molar-refractivity contribution in [3.8, 4) is 5.69 Å². The number of hydrogen-bond donors (Lipinski definition) is 0. The van der Waals surface area contributed by atoms with Gasteiger partial charge in [-0.1, -0.05) is 32.0 Å². The van der Waals surface area contributed by atoms with Crippen molar-refractivity contribution in [1.29, 1.82) is 0 Å². The summed E-state index contributed by atoms with van der Waals surface area (Å²) >= 11 is 0. The first kappa shape index (κ1) is 11.9. The third-order valence-electron chi connectivity index (χ3n) is 4.93. The van der Waals surface area contributed by atoms with E-state index in [0.717, 1.165) is 11.0 Å². The number of hydrogen-bond acceptors (Lipinski definition) is 2. The van der Waals surface area contributed by atoms with Gasteiger partial charge >= 0.3 is 0 Å². The molecule has 3 aromatic heterocycles. The Kier molecular flexibility index (Phi) is 2.03. The first-order valence-electron chi connectivity index (χ1n) is 7.53. The van der Waals surface area contributed by atoms with E-state index in [1.165, 1.54) is 27.7 Å². The minimum atomic E-state index is -0.0620. The molecule has 4 aromatic rings. The van der Waals surface area contributed by atoms with Crippen molar-refractivity contribution in [3.05, 3.63) is 66.1 Å². The Morgan fingerprint density at radius 2 is 1.86 bits per heavy atom. The van der Waals surface area contributed by atoms with Crippen LogP contribution in [0.2, 0.25) is 0 Å². The molecule has 106 valence electrons. The summed E-state index contributed by atoms with van der Waals surface area (Å²) in [7, 11) is 0. The van der Waals surface area contributed by atoms with E-state index in [1.807, 2.05) is 24.7 Å². The molecule has 0 N–H and O–H groups in total. The summed E-state index contributed by atoms with van der Waals surface area (Å²) in [5, 5.41) is 1.23. The molecule has 0 atom stereocenters.